The fourth-order valence-corrected chi connectivity index (χ4v) is 2.71. The number of hydrogen-bond acceptors (Lipinski definition) is 3. The van der Waals surface area contributed by atoms with E-state index in [-0.39, 0.29) is 5.75 Å². The summed E-state index contributed by atoms with van der Waals surface area (Å²) in [5.74, 6) is -0.0546. The molecule has 0 spiro atoms. The molecule has 17 heavy (non-hydrogen) atoms. The number of benzene rings is 1. The Morgan fingerprint density at radius 2 is 1.94 bits per heavy atom. The number of hydrogen-bond donors (Lipinski definition) is 1. The van der Waals surface area contributed by atoms with Crippen LogP contribution in [0, 0.1) is 11.3 Å². The fourth-order valence-electron chi connectivity index (χ4n) is 1.24. The van der Waals surface area contributed by atoms with Gasteiger partial charge in [-0.05, 0) is 24.1 Å². The highest BCUT2D eigenvalue weighted by Gasteiger charge is 2.10. The molecule has 0 heterocycles. The molecule has 0 atom stereocenters. The highest BCUT2D eigenvalue weighted by Crippen LogP contribution is 2.07. The lowest BCUT2D eigenvalue weighted by atomic mass is 10.2. The lowest BCUT2D eigenvalue weighted by Gasteiger charge is -2.05. The molecule has 0 saturated carbocycles. The van der Waals surface area contributed by atoms with Crippen LogP contribution in [0.25, 0.3) is 0 Å². The van der Waals surface area contributed by atoms with Crippen LogP contribution < -0.4 is 4.72 Å². The zero-order chi connectivity index (χ0) is 12.7. The van der Waals surface area contributed by atoms with Gasteiger partial charge >= 0.3 is 0 Å². The third-order valence-electron chi connectivity index (χ3n) is 2.07. The molecule has 4 nitrogen and oxygen atoms in total. The van der Waals surface area contributed by atoms with E-state index >= 15 is 0 Å². The van der Waals surface area contributed by atoms with Gasteiger partial charge in [0.05, 0.1) is 17.4 Å². The summed E-state index contributed by atoms with van der Waals surface area (Å²) in [7, 11) is -3.28. The highest BCUT2D eigenvalue weighted by atomic mass is 79.9. The van der Waals surface area contributed by atoms with Crippen LogP contribution >= 0.6 is 15.9 Å². The van der Waals surface area contributed by atoms with E-state index in [1.54, 1.807) is 24.3 Å². The second-order valence-electron chi connectivity index (χ2n) is 3.50. The van der Waals surface area contributed by atoms with Crippen molar-refractivity contribution >= 4 is 26.0 Å². The summed E-state index contributed by atoms with van der Waals surface area (Å²) in [6.45, 7) is 0.434. The topological polar surface area (TPSA) is 70.0 Å². The van der Waals surface area contributed by atoms with E-state index in [1.165, 1.54) is 0 Å². The minimum Gasteiger partial charge on any atom is -0.215 e. The highest BCUT2D eigenvalue weighted by molar-refractivity contribution is 9.09. The Hall–Kier alpha value is -0.900. The number of nitrogens with zero attached hydrogens (tertiary/aromatic N) is 1. The largest absolute Gasteiger partial charge is 0.215 e. The van der Waals surface area contributed by atoms with Crippen LogP contribution in [0.5, 0.6) is 0 Å². The average molecular weight is 317 g/mol. The fraction of sp³-hybridized carbons (Fsp3) is 0.364. The van der Waals surface area contributed by atoms with Gasteiger partial charge in [0.25, 0.3) is 0 Å². The van der Waals surface area contributed by atoms with Crippen LogP contribution in [0.15, 0.2) is 24.3 Å². The van der Waals surface area contributed by atoms with Crippen molar-refractivity contribution in [1.29, 1.82) is 5.26 Å². The third-order valence-corrected chi connectivity index (χ3v) is 3.99. The molecule has 0 aromatic heterocycles. The summed E-state index contributed by atoms with van der Waals surface area (Å²) in [6.07, 6.45) is 0.757. The summed E-state index contributed by atoms with van der Waals surface area (Å²) in [4.78, 5) is 0. The minimum absolute atomic E-state index is 0.0546. The van der Waals surface area contributed by atoms with Crippen molar-refractivity contribution < 1.29 is 8.42 Å². The molecule has 0 aliphatic carbocycles. The monoisotopic (exact) mass is 316 g/mol. The average Bonchev–Trinajstić information content (AvgIpc) is 2.30. The summed E-state index contributed by atoms with van der Waals surface area (Å²) < 4.78 is 25.8. The molecular formula is C11H13BrN2O2S. The van der Waals surface area contributed by atoms with E-state index in [4.69, 9.17) is 5.26 Å². The Kier molecular flexibility index (Phi) is 5.62. The van der Waals surface area contributed by atoms with E-state index in [1.807, 2.05) is 6.07 Å². The van der Waals surface area contributed by atoms with Crippen molar-refractivity contribution in [2.75, 3.05) is 11.9 Å². The Morgan fingerprint density at radius 3 is 2.47 bits per heavy atom. The molecule has 0 unspecified atom stereocenters. The van der Waals surface area contributed by atoms with E-state index in [9.17, 15) is 8.42 Å². The van der Waals surface area contributed by atoms with E-state index in [0.29, 0.717) is 17.7 Å². The van der Waals surface area contributed by atoms with Crippen molar-refractivity contribution in [3.05, 3.63) is 35.4 Å². The van der Waals surface area contributed by atoms with Crippen LogP contribution in [0.1, 0.15) is 17.5 Å². The molecule has 92 valence electrons. The first-order valence-corrected chi connectivity index (χ1v) is 7.87. The molecule has 0 bridgehead atoms. The van der Waals surface area contributed by atoms with Crippen LogP contribution in [-0.2, 0) is 15.8 Å². The normalized spacial score (nSPS) is 11.1. The maximum absolute atomic E-state index is 11.6. The minimum atomic E-state index is -3.28. The quantitative estimate of drug-likeness (QED) is 0.642. The molecule has 0 fully saturated rings. The molecule has 0 aliphatic heterocycles. The van der Waals surface area contributed by atoms with Gasteiger partial charge in [0, 0.05) is 11.9 Å². The first kappa shape index (κ1) is 14.2. The number of rotatable bonds is 6. The molecule has 6 heteroatoms. The molecule has 1 aromatic carbocycles. The molecule has 0 radical (unpaired) electrons. The smallest absolute Gasteiger partial charge is 0.215 e. The molecular weight excluding hydrogens is 304 g/mol. The number of nitriles is 1. The standard InChI is InChI=1S/C11H13BrN2O2S/c12-6-1-7-14-17(15,16)9-11-4-2-10(8-13)3-5-11/h2-5,14H,1,6-7,9H2. The van der Waals surface area contributed by atoms with Gasteiger partial charge in [-0.2, -0.15) is 5.26 Å². The van der Waals surface area contributed by atoms with Gasteiger partial charge in [-0.3, -0.25) is 0 Å². The number of alkyl halides is 1. The van der Waals surface area contributed by atoms with Gasteiger partial charge < -0.3 is 0 Å². The van der Waals surface area contributed by atoms with Gasteiger partial charge in [-0.25, -0.2) is 13.1 Å². The first-order chi connectivity index (χ1) is 8.07. The third kappa shape index (κ3) is 5.31. The van der Waals surface area contributed by atoms with Crippen molar-refractivity contribution in [3.63, 3.8) is 0 Å². The predicted molar refractivity (Wildman–Crippen MR) is 70.2 cm³/mol. The lowest BCUT2D eigenvalue weighted by molar-refractivity contribution is 0.580. The number of nitrogens with one attached hydrogen (secondary N) is 1. The van der Waals surface area contributed by atoms with Gasteiger partial charge in [0.2, 0.25) is 10.0 Å². The van der Waals surface area contributed by atoms with Crippen LogP contribution in [0.3, 0.4) is 0 Å². The molecule has 0 aliphatic rings. The summed E-state index contributed by atoms with van der Waals surface area (Å²) in [5, 5.41) is 9.39. The Bertz CT molecular complexity index is 491. The van der Waals surface area contributed by atoms with Crippen molar-refractivity contribution in [2.24, 2.45) is 0 Å². The lowest BCUT2D eigenvalue weighted by Crippen LogP contribution is -2.26. The Balaban J connectivity index is 2.60. The predicted octanol–water partition coefficient (Wildman–Crippen LogP) is 1.76. The van der Waals surface area contributed by atoms with Crippen LogP contribution in [-0.4, -0.2) is 20.3 Å². The van der Waals surface area contributed by atoms with Crippen LogP contribution in [0.4, 0.5) is 0 Å². The van der Waals surface area contributed by atoms with Crippen molar-refractivity contribution in [3.8, 4) is 6.07 Å². The summed E-state index contributed by atoms with van der Waals surface area (Å²) in [6, 6.07) is 8.53. The maximum atomic E-state index is 11.6. The summed E-state index contributed by atoms with van der Waals surface area (Å²) in [5.41, 5.74) is 1.20. The Labute approximate surface area is 110 Å². The molecule has 1 aromatic rings. The van der Waals surface area contributed by atoms with Gasteiger partial charge in [0.15, 0.2) is 0 Å². The van der Waals surface area contributed by atoms with Crippen LogP contribution in [0.2, 0.25) is 0 Å². The second-order valence-corrected chi connectivity index (χ2v) is 6.10. The molecule has 0 saturated heterocycles. The van der Waals surface area contributed by atoms with E-state index < -0.39 is 10.0 Å². The van der Waals surface area contributed by atoms with Crippen molar-refractivity contribution in [1.82, 2.24) is 4.72 Å². The number of halogens is 1. The van der Waals surface area contributed by atoms with Gasteiger partial charge in [-0.15, -0.1) is 0 Å². The van der Waals surface area contributed by atoms with Crippen molar-refractivity contribution in [2.45, 2.75) is 12.2 Å². The van der Waals surface area contributed by atoms with E-state index in [2.05, 4.69) is 20.7 Å². The first-order valence-electron chi connectivity index (χ1n) is 5.10. The zero-order valence-corrected chi connectivity index (χ0v) is 11.6. The molecule has 1 rings (SSSR count). The summed E-state index contributed by atoms with van der Waals surface area (Å²) >= 11 is 3.23. The SMILES string of the molecule is N#Cc1ccc(CS(=O)(=O)NCCCBr)cc1. The van der Waals surface area contributed by atoms with Gasteiger partial charge in [0.1, 0.15) is 0 Å². The Morgan fingerprint density at radius 1 is 1.29 bits per heavy atom. The maximum Gasteiger partial charge on any atom is 0.215 e. The zero-order valence-electron chi connectivity index (χ0n) is 9.19. The van der Waals surface area contributed by atoms with Gasteiger partial charge in [-0.1, -0.05) is 28.1 Å². The molecule has 0 amide bonds. The number of sulfonamides is 1. The second kappa shape index (κ2) is 6.74. The molecule has 1 N–H and O–H groups in total. The van der Waals surface area contributed by atoms with E-state index in [0.717, 1.165) is 11.8 Å².